The van der Waals surface area contributed by atoms with Crippen molar-refractivity contribution < 1.29 is 56.1 Å². The second kappa shape index (κ2) is 5.25. The monoisotopic (exact) mass is 267 g/mol. The van der Waals surface area contributed by atoms with Gasteiger partial charge in [-0.1, -0.05) is 19.0 Å². The molecule has 0 amide bonds. The summed E-state index contributed by atoms with van der Waals surface area (Å²) in [5.74, 6) is 3.74. The molecule has 2 bridgehead atoms. The van der Waals surface area contributed by atoms with Gasteiger partial charge in [-0.05, 0) is 61.6 Å². The van der Waals surface area contributed by atoms with E-state index < -0.39 is 0 Å². The molecule has 0 spiro atoms. The molecule has 3 fully saturated rings. The van der Waals surface area contributed by atoms with Crippen molar-refractivity contribution in [3.63, 3.8) is 0 Å². The van der Waals surface area contributed by atoms with Gasteiger partial charge >= 0.3 is 51.4 Å². The average molecular weight is 267 g/mol. The maximum atomic E-state index is 5.65. The predicted octanol–water partition coefficient (Wildman–Crippen LogP) is 0.0464. The summed E-state index contributed by atoms with van der Waals surface area (Å²) in [5.41, 5.74) is 0. The number of fused-ring (bicyclic) bond motifs is 5. The van der Waals surface area contributed by atoms with Gasteiger partial charge in [0.15, 0.2) is 0 Å². The standard InChI is InChI=1S/C11H16OS2.K/c13-11(14)12-10-5-6-4-9(10)8-3-1-2-7(6)8;/h6-10H,1-5H2,(H,13,14);/q;+1. The van der Waals surface area contributed by atoms with Crippen molar-refractivity contribution in [1.82, 2.24) is 0 Å². The summed E-state index contributed by atoms with van der Waals surface area (Å²) in [6.07, 6.45) is 7.41. The second-order valence-electron chi connectivity index (χ2n) is 5.08. The smallest absolute Gasteiger partial charge is 0.475 e. The minimum Gasteiger partial charge on any atom is -0.475 e. The van der Waals surface area contributed by atoms with Crippen LogP contribution in [0.5, 0.6) is 0 Å². The number of hydrogen-bond donors (Lipinski definition) is 1. The molecule has 0 radical (unpaired) electrons. The molecule has 3 aliphatic rings. The van der Waals surface area contributed by atoms with Gasteiger partial charge in [0, 0.05) is 0 Å². The zero-order chi connectivity index (χ0) is 9.71. The van der Waals surface area contributed by atoms with Crippen molar-refractivity contribution in [2.24, 2.45) is 23.7 Å². The van der Waals surface area contributed by atoms with E-state index in [0.717, 1.165) is 23.7 Å². The van der Waals surface area contributed by atoms with Crippen LogP contribution in [0.2, 0.25) is 0 Å². The molecule has 4 heteroatoms. The molecule has 0 aromatic rings. The molecular weight excluding hydrogens is 251 g/mol. The zero-order valence-electron chi connectivity index (χ0n) is 9.19. The molecule has 15 heavy (non-hydrogen) atoms. The summed E-state index contributed by atoms with van der Waals surface area (Å²) in [5, 5.41) is 0. The van der Waals surface area contributed by atoms with E-state index in [9.17, 15) is 0 Å². The van der Waals surface area contributed by atoms with Crippen LogP contribution in [0.3, 0.4) is 0 Å². The summed E-state index contributed by atoms with van der Waals surface area (Å²) in [4.78, 5) is 0. The summed E-state index contributed by atoms with van der Waals surface area (Å²) >= 11 is 8.98. The summed E-state index contributed by atoms with van der Waals surface area (Å²) in [6.45, 7) is 0. The third kappa shape index (κ3) is 2.38. The summed E-state index contributed by atoms with van der Waals surface area (Å²) < 4.78 is 6.09. The molecule has 0 N–H and O–H groups in total. The van der Waals surface area contributed by atoms with Crippen molar-refractivity contribution in [1.29, 1.82) is 0 Å². The molecule has 3 saturated carbocycles. The Hall–Kier alpha value is 1.88. The fourth-order valence-electron chi connectivity index (χ4n) is 4.27. The molecular formula is C11H16KOS2+. The maximum Gasteiger partial charge on any atom is 1.00 e. The van der Waals surface area contributed by atoms with E-state index in [1.54, 1.807) is 0 Å². The van der Waals surface area contributed by atoms with Gasteiger partial charge in [0.1, 0.15) is 6.10 Å². The first-order valence-corrected chi connectivity index (χ1v) is 6.51. The minimum absolute atomic E-state index is 0. The Morgan fingerprint density at radius 2 is 1.87 bits per heavy atom. The molecule has 5 atom stereocenters. The van der Waals surface area contributed by atoms with Gasteiger partial charge in [-0.2, -0.15) is 0 Å². The molecule has 0 aromatic carbocycles. The SMILES string of the molecule is S=C(S)OC1CC2CC1C1CCCC21.[K+]. The largest absolute Gasteiger partial charge is 1.00 e. The minimum atomic E-state index is 0. The Bertz CT molecular complexity index is 271. The van der Waals surface area contributed by atoms with E-state index in [1.807, 2.05) is 0 Å². The number of thiocarbonyl (C=S) groups is 1. The molecule has 5 unspecified atom stereocenters. The zero-order valence-corrected chi connectivity index (χ0v) is 14.0. The van der Waals surface area contributed by atoms with Gasteiger partial charge in [0.2, 0.25) is 4.38 Å². The Kier molecular flexibility index (Phi) is 4.66. The molecule has 3 rings (SSSR count). The Morgan fingerprint density at radius 1 is 1.13 bits per heavy atom. The number of ether oxygens (including phenoxy) is 1. The van der Waals surface area contributed by atoms with Gasteiger partial charge in [-0.25, -0.2) is 0 Å². The van der Waals surface area contributed by atoms with E-state index in [2.05, 4.69) is 12.6 Å². The first kappa shape index (κ1) is 13.3. The van der Waals surface area contributed by atoms with Crippen molar-refractivity contribution in [3.05, 3.63) is 0 Å². The van der Waals surface area contributed by atoms with Crippen LogP contribution in [0, 0.1) is 23.7 Å². The van der Waals surface area contributed by atoms with E-state index in [1.165, 1.54) is 32.1 Å². The molecule has 0 saturated heterocycles. The Balaban J connectivity index is 0.000000853. The van der Waals surface area contributed by atoms with Crippen LogP contribution < -0.4 is 51.4 Å². The number of rotatable bonds is 1. The van der Waals surface area contributed by atoms with Gasteiger partial charge < -0.3 is 4.74 Å². The van der Waals surface area contributed by atoms with E-state index in [0.29, 0.717) is 10.5 Å². The van der Waals surface area contributed by atoms with Crippen LogP contribution in [0.1, 0.15) is 32.1 Å². The fourth-order valence-corrected chi connectivity index (χ4v) is 4.53. The van der Waals surface area contributed by atoms with Crippen LogP contribution in [-0.4, -0.2) is 10.5 Å². The number of thiol groups is 1. The van der Waals surface area contributed by atoms with Gasteiger partial charge in [-0.3, -0.25) is 0 Å². The third-order valence-electron chi connectivity index (χ3n) is 4.62. The van der Waals surface area contributed by atoms with E-state index in [-0.39, 0.29) is 51.4 Å². The van der Waals surface area contributed by atoms with Crippen LogP contribution in [0.4, 0.5) is 0 Å². The van der Waals surface area contributed by atoms with E-state index in [4.69, 9.17) is 17.0 Å². The second-order valence-corrected chi connectivity index (χ2v) is 6.16. The molecule has 0 aliphatic heterocycles. The van der Waals surface area contributed by atoms with Crippen molar-refractivity contribution in [3.8, 4) is 0 Å². The van der Waals surface area contributed by atoms with Crippen LogP contribution in [0.15, 0.2) is 0 Å². The first-order valence-electron chi connectivity index (χ1n) is 5.65. The van der Waals surface area contributed by atoms with Gasteiger partial charge in [0.05, 0.1) is 0 Å². The first-order chi connectivity index (χ1) is 6.75. The van der Waals surface area contributed by atoms with Crippen LogP contribution >= 0.6 is 24.8 Å². The average Bonchev–Trinajstić information content (AvgIpc) is 2.68. The van der Waals surface area contributed by atoms with Crippen LogP contribution in [0.25, 0.3) is 0 Å². The molecule has 0 heterocycles. The summed E-state index contributed by atoms with van der Waals surface area (Å²) in [6, 6.07) is 0. The molecule has 1 nitrogen and oxygen atoms in total. The van der Waals surface area contributed by atoms with Gasteiger partial charge in [-0.15, -0.1) is 0 Å². The van der Waals surface area contributed by atoms with Crippen molar-refractivity contribution in [2.45, 2.75) is 38.2 Å². The molecule has 0 aromatic heterocycles. The van der Waals surface area contributed by atoms with Crippen molar-refractivity contribution >= 4 is 29.2 Å². The van der Waals surface area contributed by atoms with E-state index >= 15 is 0 Å². The maximum absolute atomic E-state index is 5.65. The normalized spacial score (nSPS) is 46.1. The topological polar surface area (TPSA) is 9.23 Å². The Labute approximate surface area is 145 Å². The third-order valence-corrected chi connectivity index (χ3v) is 4.82. The van der Waals surface area contributed by atoms with Crippen molar-refractivity contribution in [2.75, 3.05) is 0 Å². The van der Waals surface area contributed by atoms with Gasteiger partial charge in [0.25, 0.3) is 0 Å². The predicted molar refractivity (Wildman–Crippen MR) is 63.5 cm³/mol. The quantitative estimate of drug-likeness (QED) is 0.408. The fraction of sp³-hybridized carbons (Fsp3) is 0.909. The molecule has 78 valence electrons. The molecule has 3 aliphatic carbocycles. The Morgan fingerprint density at radius 3 is 2.60 bits per heavy atom. The van der Waals surface area contributed by atoms with Crippen LogP contribution in [-0.2, 0) is 4.74 Å². The summed E-state index contributed by atoms with van der Waals surface area (Å²) in [7, 11) is 0. The number of hydrogen-bond acceptors (Lipinski definition) is 2.